The van der Waals surface area contributed by atoms with E-state index in [4.69, 9.17) is 6.42 Å². The number of carbonyl (C=O) groups excluding carboxylic acids is 1. The number of carbonyl (C=O) groups is 1. The maximum atomic E-state index is 12.5. The number of para-hydroxylation sites is 1. The third kappa shape index (κ3) is 3.14. The van der Waals surface area contributed by atoms with Crippen LogP contribution in [-0.2, 0) is 0 Å². The molecular weight excluding hydrogens is 262 g/mol. The molecule has 3 rings (SSSR count). The molecule has 4 heteroatoms. The molecule has 0 radical (unpaired) electrons. The van der Waals surface area contributed by atoms with Gasteiger partial charge >= 0.3 is 0 Å². The normalized spacial score (nSPS) is 13.7. The largest absolute Gasteiger partial charge is 0.327 e. The van der Waals surface area contributed by atoms with E-state index in [0.717, 1.165) is 12.2 Å². The summed E-state index contributed by atoms with van der Waals surface area (Å²) in [5.74, 6) is 3.15. The van der Waals surface area contributed by atoms with E-state index >= 15 is 0 Å². The molecule has 1 aliphatic carbocycles. The van der Waals surface area contributed by atoms with Crippen LogP contribution in [0.5, 0.6) is 0 Å². The van der Waals surface area contributed by atoms with E-state index in [1.54, 1.807) is 22.0 Å². The summed E-state index contributed by atoms with van der Waals surface area (Å²) in [5, 5.41) is 4.26. The number of rotatable bonds is 5. The molecule has 0 saturated heterocycles. The van der Waals surface area contributed by atoms with E-state index in [0.29, 0.717) is 18.0 Å². The molecule has 0 bridgehead atoms. The minimum atomic E-state index is -0.0398. The van der Waals surface area contributed by atoms with Crippen LogP contribution in [0.1, 0.15) is 23.2 Å². The van der Waals surface area contributed by atoms with Gasteiger partial charge in [-0.2, -0.15) is 5.10 Å². The second kappa shape index (κ2) is 5.84. The van der Waals surface area contributed by atoms with Gasteiger partial charge in [0.05, 0.1) is 24.0 Å². The zero-order valence-corrected chi connectivity index (χ0v) is 11.8. The summed E-state index contributed by atoms with van der Waals surface area (Å²) in [6, 6.07) is 9.73. The Morgan fingerprint density at radius 2 is 2.14 bits per heavy atom. The molecule has 0 unspecified atom stereocenters. The zero-order chi connectivity index (χ0) is 14.7. The highest BCUT2D eigenvalue weighted by molar-refractivity contribution is 5.94. The molecule has 0 N–H and O–H groups in total. The summed E-state index contributed by atoms with van der Waals surface area (Å²) in [6.45, 7) is 1.10. The molecule has 0 atom stereocenters. The summed E-state index contributed by atoms with van der Waals surface area (Å²) in [4.78, 5) is 14.3. The molecular formula is C17H17N3O. The molecule has 0 aliphatic heterocycles. The van der Waals surface area contributed by atoms with Crippen LogP contribution in [0.15, 0.2) is 42.7 Å². The van der Waals surface area contributed by atoms with Gasteiger partial charge in [-0.1, -0.05) is 24.1 Å². The van der Waals surface area contributed by atoms with Crippen LogP contribution in [0, 0.1) is 18.3 Å². The Bertz CT molecular complexity index is 665. The van der Waals surface area contributed by atoms with Gasteiger partial charge in [0, 0.05) is 12.7 Å². The number of amides is 1. The van der Waals surface area contributed by atoms with Crippen molar-refractivity contribution in [3.05, 3.63) is 48.3 Å². The van der Waals surface area contributed by atoms with Crippen LogP contribution in [-0.4, -0.2) is 33.7 Å². The van der Waals surface area contributed by atoms with E-state index in [2.05, 4.69) is 11.0 Å². The average molecular weight is 279 g/mol. The lowest BCUT2D eigenvalue weighted by molar-refractivity contribution is 0.0770. The van der Waals surface area contributed by atoms with Crippen molar-refractivity contribution >= 4 is 5.91 Å². The number of terminal acetylenes is 1. The predicted octanol–water partition coefficient (Wildman–Crippen LogP) is 2.36. The van der Waals surface area contributed by atoms with Crippen LogP contribution in [0.3, 0.4) is 0 Å². The average Bonchev–Trinajstić information content (AvgIpc) is 3.20. The van der Waals surface area contributed by atoms with E-state index < -0.39 is 0 Å². The summed E-state index contributed by atoms with van der Waals surface area (Å²) in [7, 11) is 0. The Morgan fingerprint density at radius 1 is 1.38 bits per heavy atom. The van der Waals surface area contributed by atoms with Crippen LogP contribution >= 0.6 is 0 Å². The van der Waals surface area contributed by atoms with Crippen molar-refractivity contribution in [3.8, 4) is 18.0 Å². The molecule has 0 spiro atoms. The van der Waals surface area contributed by atoms with Gasteiger partial charge in [0.15, 0.2) is 0 Å². The second-order valence-electron chi connectivity index (χ2n) is 5.34. The smallest absolute Gasteiger partial charge is 0.257 e. The summed E-state index contributed by atoms with van der Waals surface area (Å²) in [6.07, 6.45) is 11.1. The fraction of sp³-hybridized carbons (Fsp3) is 0.294. The Labute approximate surface area is 124 Å². The van der Waals surface area contributed by atoms with Gasteiger partial charge in [-0.05, 0) is 30.9 Å². The van der Waals surface area contributed by atoms with E-state index in [9.17, 15) is 4.79 Å². The minimum Gasteiger partial charge on any atom is -0.327 e. The van der Waals surface area contributed by atoms with Gasteiger partial charge in [-0.3, -0.25) is 4.79 Å². The minimum absolute atomic E-state index is 0.0398. The van der Waals surface area contributed by atoms with Gasteiger partial charge in [-0.25, -0.2) is 4.68 Å². The number of aromatic nitrogens is 2. The molecule has 106 valence electrons. The molecule has 1 heterocycles. The molecule has 1 fully saturated rings. The first-order chi connectivity index (χ1) is 10.3. The fourth-order valence-electron chi connectivity index (χ4n) is 2.28. The highest BCUT2D eigenvalue weighted by Gasteiger charge is 2.27. The standard InChI is InChI=1S/C17H17N3O/c1-2-10-19(12-14-8-9-14)17(21)15-11-18-20(13-15)16-6-4-3-5-7-16/h1,3-7,11,13-14H,8-10,12H2. The van der Waals surface area contributed by atoms with Crippen molar-refractivity contribution in [1.29, 1.82) is 0 Å². The van der Waals surface area contributed by atoms with Gasteiger partial charge in [0.25, 0.3) is 5.91 Å². The van der Waals surface area contributed by atoms with Crippen molar-refractivity contribution in [2.45, 2.75) is 12.8 Å². The van der Waals surface area contributed by atoms with Crippen molar-refractivity contribution < 1.29 is 4.79 Å². The lowest BCUT2D eigenvalue weighted by Gasteiger charge is -2.19. The van der Waals surface area contributed by atoms with Crippen molar-refractivity contribution in [1.82, 2.24) is 14.7 Å². The summed E-state index contributed by atoms with van der Waals surface area (Å²) in [5.41, 5.74) is 1.51. The Kier molecular flexibility index (Phi) is 3.74. The first-order valence-corrected chi connectivity index (χ1v) is 7.11. The Balaban J connectivity index is 1.78. The molecule has 1 aromatic heterocycles. The number of nitrogens with zero attached hydrogens (tertiary/aromatic N) is 3. The molecule has 2 aromatic rings. The number of hydrogen-bond donors (Lipinski definition) is 0. The Hall–Kier alpha value is -2.54. The van der Waals surface area contributed by atoms with E-state index in [-0.39, 0.29) is 5.91 Å². The number of benzene rings is 1. The summed E-state index contributed by atoms with van der Waals surface area (Å²) >= 11 is 0. The van der Waals surface area contributed by atoms with Crippen LogP contribution in [0.25, 0.3) is 5.69 Å². The lowest BCUT2D eigenvalue weighted by Crippen LogP contribution is -2.33. The van der Waals surface area contributed by atoms with Crippen LogP contribution in [0.2, 0.25) is 0 Å². The van der Waals surface area contributed by atoms with Gasteiger partial charge in [-0.15, -0.1) is 6.42 Å². The fourth-order valence-corrected chi connectivity index (χ4v) is 2.28. The van der Waals surface area contributed by atoms with E-state index in [1.807, 2.05) is 30.3 Å². The summed E-state index contributed by atoms with van der Waals surface area (Å²) < 4.78 is 1.71. The topological polar surface area (TPSA) is 38.1 Å². The first kappa shape index (κ1) is 13.4. The van der Waals surface area contributed by atoms with Gasteiger partial charge in [0.1, 0.15) is 0 Å². The van der Waals surface area contributed by atoms with Crippen molar-refractivity contribution in [2.75, 3.05) is 13.1 Å². The number of hydrogen-bond acceptors (Lipinski definition) is 2. The molecule has 1 aromatic carbocycles. The highest BCUT2D eigenvalue weighted by atomic mass is 16.2. The highest BCUT2D eigenvalue weighted by Crippen LogP contribution is 2.30. The maximum absolute atomic E-state index is 12.5. The zero-order valence-electron chi connectivity index (χ0n) is 11.8. The third-order valence-electron chi connectivity index (χ3n) is 3.60. The third-order valence-corrected chi connectivity index (χ3v) is 3.60. The molecule has 4 nitrogen and oxygen atoms in total. The molecule has 1 saturated carbocycles. The molecule has 1 aliphatic rings. The van der Waals surface area contributed by atoms with E-state index in [1.165, 1.54) is 12.8 Å². The first-order valence-electron chi connectivity index (χ1n) is 7.11. The van der Waals surface area contributed by atoms with Crippen molar-refractivity contribution in [3.63, 3.8) is 0 Å². The van der Waals surface area contributed by atoms with Gasteiger partial charge in [0.2, 0.25) is 0 Å². The maximum Gasteiger partial charge on any atom is 0.257 e. The van der Waals surface area contributed by atoms with Crippen LogP contribution in [0.4, 0.5) is 0 Å². The SMILES string of the molecule is C#CCN(CC1CC1)C(=O)c1cnn(-c2ccccc2)c1. The predicted molar refractivity (Wildman–Crippen MR) is 81.0 cm³/mol. The lowest BCUT2D eigenvalue weighted by atomic mass is 10.2. The van der Waals surface area contributed by atoms with Crippen LogP contribution < -0.4 is 0 Å². The monoisotopic (exact) mass is 279 g/mol. The van der Waals surface area contributed by atoms with Gasteiger partial charge < -0.3 is 4.90 Å². The molecule has 21 heavy (non-hydrogen) atoms. The Morgan fingerprint density at radius 3 is 2.81 bits per heavy atom. The quantitative estimate of drug-likeness (QED) is 0.788. The second-order valence-corrected chi connectivity index (χ2v) is 5.34. The van der Waals surface area contributed by atoms with Crippen molar-refractivity contribution in [2.24, 2.45) is 5.92 Å². The molecule has 1 amide bonds.